The molecule has 0 aliphatic heterocycles. The SMILES string of the molecule is CCc1cc(-c2ccc([I-][I+]I)cc2)ncn1. The van der Waals surface area contributed by atoms with Gasteiger partial charge in [-0.05, 0) is 0 Å². The van der Waals surface area contributed by atoms with Crippen LogP contribution in [0, 0.1) is 3.57 Å². The van der Waals surface area contributed by atoms with E-state index < -0.39 is 0 Å². The molecule has 0 spiro atoms. The zero-order valence-corrected chi connectivity index (χ0v) is 15.7. The second-order valence-corrected chi connectivity index (χ2v) is 24.0. The monoisotopic (exact) mass is 564 g/mol. The molecule has 0 saturated heterocycles. The van der Waals surface area contributed by atoms with E-state index in [0.29, 0.717) is 30.5 Å². The van der Waals surface area contributed by atoms with Crippen molar-refractivity contribution < 1.29 is 30.5 Å². The number of hydrogen-bond acceptors (Lipinski definition) is 2. The van der Waals surface area contributed by atoms with Gasteiger partial charge >= 0.3 is 130 Å². The first-order valence-corrected chi connectivity index (χ1v) is 18.8. The Morgan fingerprint density at radius 2 is 2.00 bits per heavy atom. The third kappa shape index (κ3) is 3.98. The molecule has 1 aromatic heterocycles. The van der Waals surface area contributed by atoms with Gasteiger partial charge in [0.1, 0.15) is 0 Å². The molecular formula is C12H11I3N2. The van der Waals surface area contributed by atoms with Crippen LogP contribution in [0.4, 0.5) is 0 Å². The predicted molar refractivity (Wildman–Crippen MR) is 69.6 cm³/mol. The Morgan fingerprint density at radius 1 is 1.24 bits per heavy atom. The molecule has 1 aromatic carbocycles. The van der Waals surface area contributed by atoms with Crippen LogP contribution in [0.15, 0.2) is 36.7 Å². The molecule has 17 heavy (non-hydrogen) atoms. The average molecular weight is 564 g/mol. The summed E-state index contributed by atoms with van der Waals surface area (Å²) in [5.74, 6) is 0. The minimum absolute atomic E-state index is 0.301. The normalized spacial score (nSPS) is 10.7. The summed E-state index contributed by atoms with van der Waals surface area (Å²) in [6.07, 6.45) is 2.61. The summed E-state index contributed by atoms with van der Waals surface area (Å²) in [5, 5.41) is 0. The quantitative estimate of drug-likeness (QED) is 0.379. The molecular weight excluding hydrogens is 553 g/mol. The van der Waals surface area contributed by atoms with Crippen LogP contribution in [0.3, 0.4) is 0 Å². The molecule has 0 N–H and O–H groups in total. The van der Waals surface area contributed by atoms with Gasteiger partial charge in [-0.25, -0.2) is 0 Å². The van der Waals surface area contributed by atoms with Gasteiger partial charge in [-0.2, -0.15) is 0 Å². The van der Waals surface area contributed by atoms with E-state index in [2.05, 4.69) is 65.8 Å². The zero-order chi connectivity index (χ0) is 12.1. The van der Waals surface area contributed by atoms with Crippen molar-refractivity contribution in [2.75, 3.05) is 0 Å². The van der Waals surface area contributed by atoms with Gasteiger partial charge in [0.25, 0.3) is 0 Å². The molecule has 0 fully saturated rings. The Labute approximate surface area is 128 Å². The van der Waals surface area contributed by atoms with Crippen LogP contribution in [0.25, 0.3) is 11.3 Å². The molecule has 90 valence electrons. The number of aryl methyl sites for hydroxylation is 1. The molecule has 2 rings (SSSR count). The molecule has 0 saturated carbocycles. The van der Waals surface area contributed by atoms with Crippen molar-refractivity contribution in [3.05, 3.63) is 45.9 Å². The molecule has 1 heterocycles. The van der Waals surface area contributed by atoms with E-state index in [-0.39, 0.29) is 0 Å². The summed E-state index contributed by atoms with van der Waals surface area (Å²) in [5.41, 5.74) is 3.33. The maximum atomic E-state index is 4.34. The van der Waals surface area contributed by atoms with Gasteiger partial charge < -0.3 is 0 Å². The molecule has 0 atom stereocenters. The van der Waals surface area contributed by atoms with Crippen molar-refractivity contribution >= 4 is 18.6 Å². The van der Waals surface area contributed by atoms with Crippen molar-refractivity contribution in [3.63, 3.8) is 0 Å². The van der Waals surface area contributed by atoms with Crippen LogP contribution in [-0.4, -0.2) is 9.97 Å². The van der Waals surface area contributed by atoms with Crippen LogP contribution in [0.2, 0.25) is 0 Å². The Hall–Kier alpha value is 0.490. The van der Waals surface area contributed by atoms with Gasteiger partial charge in [0.05, 0.1) is 0 Å². The molecule has 0 aliphatic rings. The first-order chi connectivity index (χ1) is 8.33. The maximum absolute atomic E-state index is 4.34. The molecule has 0 aliphatic carbocycles. The second-order valence-electron chi connectivity index (χ2n) is 3.38. The number of rotatable bonds is 4. The number of hydrogen-bond donors (Lipinski definition) is 0. The number of halogens is 3. The van der Waals surface area contributed by atoms with Crippen molar-refractivity contribution in [2.45, 2.75) is 13.3 Å². The van der Waals surface area contributed by atoms with Gasteiger partial charge in [0.15, 0.2) is 0 Å². The van der Waals surface area contributed by atoms with Gasteiger partial charge in [-0.1, -0.05) is 0 Å². The van der Waals surface area contributed by atoms with Crippen molar-refractivity contribution in [3.8, 4) is 11.3 Å². The minimum atomic E-state index is 0.301. The summed E-state index contributed by atoms with van der Waals surface area (Å²) in [7, 11) is 0. The average Bonchev–Trinajstić information content (AvgIpc) is 2.40. The van der Waals surface area contributed by atoms with E-state index in [1.54, 1.807) is 9.90 Å². The molecule has 5 heteroatoms. The molecule has 2 aromatic rings. The van der Waals surface area contributed by atoms with E-state index in [4.69, 9.17) is 0 Å². The van der Waals surface area contributed by atoms with Gasteiger partial charge in [-0.3, -0.25) is 0 Å². The summed E-state index contributed by atoms with van der Waals surface area (Å²) < 4.78 is 1.54. The first kappa shape index (κ1) is 13.9. The summed E-state index contributed by atoms with van der Waals surface area (Å²) in [6, 6.07) is 11.0. The number of benzene rings is 1. The number of nitrogens with zero attached hydrogens (tertiary/aromatic N) is 2. The van der Waals surface area contributed by atoms with Crippen molar-refractivity contribution in [1.29, 1.82) is 0 Å². The summed E-state index contributed by atoms with van der Waals surface area (Å²) in [6.45, 7) is 2.11. The van der Waals surface area contributed by atoms with Gasteiger partial charge in [0.2, 0.25) is 0 Å². The number of aromatic nitrogens is 2. The molecule has 0 amide bonds. The van der Waals surface area contributed by atoms with Crippen LogP contribution in [-0.2, 0) is 6.42 Å². The summed E-state index contributed by atoms with van der Waals surface area (Å²) in [4.78, 5) is 8.56. The molecule has 0 radical (unpaired) electrons. The van der Waals surface area contributed by atoms with Gasteiger partial charge in [0, 0.05) is 0 Å². The fourth-order valence-corrected chi connectivity index (χ4v) is 13.3. The molecule has 0 unspecified atom stereocenters. The van der Waals surface area contributed by atoms with Gasteiger partial charge in [-0.15, -0.1) is 0 Å². The van der Waals surface area contributed by atoms with Crippen molar-refractivity contribution in [1.82, 2.24) is 9.97 Å². The van der Waals surface area contributed by atoms with E-state index in [1.807, 2.05) is 0 Å². The van der Waals surface area contributed by atoms with E-state index in [1.165, 1.54) is 5.56 Å². The standard InChI is InChI=1S/C12H11I3N2/c1-2-11-7-12(17-8-16-11)9-3-5-10(6-4-9)14-15-13/h3-8H,2H2,1H3. The van der Waals surface area contributed by atoms with Crippen LogP contribution in [0.5, 0.6) is 0 Å². The third-order valence-corrected chi connectivity index (χ3v) is 14.8. The Balaban J connectivity index is 2.26. The van der Waals surface area contributed by atoms with Crippen LogP contribution < -0.4 is 30.5 Å². The fourth-order valence-electron chi connectivity index (χ4n) is 1.45. The van der Waals surface area contributed by atoms with E-state index in [0.717, 1.165) is 17.8 Å². The van der Waals surface area contributed by atoms with Crippen LogP contribution >= 0.6 is 18.6 Å². The topological polar surface area (TPSA) is 25.8 Å². The predicted octanol–water partition coefficient (Wildman–Crippen LogP) is -2.68. The molecule has 2 nitrogen and oxygen atoms in total. The second kappa shape index (κ2) is 7.17. The summed E-state index contributed by atoms with van der Waals surface area (Å²) >= 11 is 3.27. The Kier molecular flexibility index (Phi) is 5.87. The Morgan fingerprint density at radius 3 is 2.65 bits per heavy atom. The first-order valence-electron chi connectivity index (χ1n) is 5.15. The Bertz CT molecular complexity index is 485. The third-order valence-electron chi connectivity index (χ3n) is 2.34. The fraction of sp³-hybridized carbons (Fsp3) is 0.167. The van der Waals surface area contributed by atoms with E-state index >= 15 is 0 Å². The molecule has 0 bridgehead atoms. The zero-order valence-electron chi connectivity index (χ0n) is 9.20. The van der Waals surface area contributed by atoms with Crippen molar-refractivity contribution in [2.24, 2.45) is 0 Å². The van der Waals surface area contributed by atoms with E-state index in [9.17, 15) is 0 Å². The van der Waals surface area contributed by atoms with Crippen LogP contribution in [0.1, 0.15) is 12.6 Å².